The minimum absolute atomic E-state index is 0. The smallest absolute Gasteiger partial charge is 0.252 e. The van der Waals surface area contributed by atoms with Gasteiger partial charge < -0.3 is 10.2 Å². The number of sulfonamides is 1. The van der Waals surface area contributed by atoms with Crippen molar-refractivity contribution in [1.29, 1.82) is 0 Å². The molecule has 1 N–H and O–H groups in total. The maximum absolute atomic E-state index is 12.8. The number of halogens is 1. The first-order valence-electron chi connectivity index (χ1n) is 10.1. The van der Waals surface area contributed by atoms with Crippen molar-refractivity contribution in [2.75, 3.05) is 32.7 Å². The molecule has 0 aliphatic carbocycles. The molecule has 0 bridgehead atoms. The fourth-order valence-corrected chi connectivity index (χ4v) is 6.73. The van der Waals surface area contributed by atoms with Crippen LogP contribution in [-0.4, -0.2) is 56.3 Å². The second-order valence-electron chi connectivity index (χ2n) is 7.55. The molecule has 0 aromatic carbocycles. The van der Waals surface area contributed by atoms with Crippen LogP contribution in [0.25, 0.3) is 0 Å². The first-order chi connectivity index (χ1) is 13.0. The molecule has 0 spiro atoms. The zero-order chi connectivity index (χ0) is 19.3. The lowest BCUT2D eigenvalue weighted by Crippen LogP contribution is -2.46. The van der Waals surface area contributed by atoms with Gasteiger partial charge in [-0.05, 0) is 50.7 Å². The Morgan fingerprint density at radius 3 is 2.64 bits per heavy atom. The maximum Gasteiger partial charge on any atom is 0.252 e. The molecule has 2 fully saturated rings. The number of nitrogens with one attached hydrogen (secondary N) is 1. The molecule has 3 heterocycles. The number of thiophene rings is 1. The van der Waals surface area contributed by atoms with Gasteiger partial charge >= 0.3 is 0 Å². The predicted octanol–water partition coefficient (Wildman–Crippen LogP) is 3.74. The van der Waals surface area contributed by atoms with Crippen molar-refractivity contribution in [3.8, 4) is 0 Å². The highest BCUT2D eigenvalue weighted by molar-refractivity contribution is 14.0. The zero-order valence-electron chi connectivity index (χ0n) is 16.9. The van der Waals surface area contributed by atoms with Crippen LogP contribution >= 0.6 is 35.3 Å². The largest absolute Gasteiger partial charge is 0.357 e. The van der Waals surface area contributed by atoms with E-state index in [9.17, 15) is 8.42 Å². The molecule has 1 aromatic heterocycles. The van der Waals surface area contributed by atoms with Gasteiger partial charge in [-0.2, -0.15) is 4.31 Å². The van der Waals surface area contributed by atoms with E-state index in [4.69, 9.17) is 4.99 Å². The Hall–Kier alpha value is -0.390. The first kappa shape index (κ1) is 23.9. The van der Waals surface area contributed by atoms with E-state index in [1.165, 1.54) is 24.2 Å². The summed E-state index contributed by atoms with van der Waals surface area (Å²) in [6, 6.07) is 3.66. The number of aliphatic imine (C=N–C) groups is 1. The number of guanidine groups is 1. The van der Waals surface area contributed by atoms with Crippen LogP contribution < -0.4 is 5.32 Å². The van der Waals surface area contributed by atoms with Crippen LogP contribution in [0.2, 0.25) is 0 Å². The lowest BCUT2D eigenvalue weighted by atomic mass is 10.0. The summed E-state index contributed by atoms with van der Waals surface area (Å²) in [4.78, 5) is 8.10. The van der Waals surface area contributed by atoms with Gasteiger partial charge in [0.2, 0.25) is 0 Å². The van der Waals surface area contributed by atoms with Crippen molar-refractivity contribution >= 4 is 51.3 Å². The Morgan fingerprint density at radius 2 is 1.96 bits per heavy atom. The molecule has 1 atom stereocenters. The van der Waals surface area contributed by atoms with E-state index in [-0.39, 0.29) is 24.0 Å². The van der Waals surface area contributed by atoms with E-state index in [1.807, 2.05) is 6.07 Å². The Labute approximate surface area is 190 Å². The maximum atomic E-state index is 12.8. The topological polar surface area (TPSA) is 65.0 Å². The molecule has 28 heavy (non-hydrogen) atoms. The molecule has 2 aliphatic heterocycles. The molecule has 2 saturated heterocycles. The van der Waals surface area contributed by atoms with Gasteiger partial charge in [0.25, 0.3) is 10.0 Å². The predicted molar refractivity (Wildman–Crippen MR) is 127 cm³/mol. The molecule has 0 radical (unpaired) electrons. The SMILES string of the molecule is CCNC(=NCc1ccc(S(=O)(=O)N2CCCCC2)s1)N1CCCC(C)C1.I. The normalized spacial score (nSPS) is 22.0. The molecule has 3 rings (SSSR count). The average Bonchev–Trinajstić information content (AvgIpc) is 3.16. The van der Waals surface area contributed by atoms with Crippen LogP contribution in [0.4, 0.5) is 0 Å². The molecule has 1 unspecified atom stereocenters. The molecule has 0 amide bonds. The number of hydrogen-bond donors (Lipinski definition) is 1. The fourth-order valence-electron chi connectivity index (χ4n) is 3.77. The highest BCUT2D eigenvalue weighted by Crippen LogP contribution is 2.27. The van der Waals surface area contributed by atoms with E-state index < -0.39 is 10.0 Å². The summed E-state index contributed by atoms with van der Waals surface area (Å²) >= 11 is 1.36. The van der Waals surface area contributed by atoms with E-state index in [0.29, 0.717) is 29.8 Å². The zero-order valence-corrected chi connectivity index (χ0v) is 20.9. The van der Waals surface area contributed by atoms with Crippen LogP contribution in [0.3, 0.4) is 0 Å². The van der Waals surface area contributed by atoms with Gasteiger partial charge in [-0.15, -0.1) is 35.3 Å². The summed E-state index contributed by atoms with van der Waals surface area (Å²) in [5.74, 6) is 1.63. The van der Waals surface area contributed by atoms with Crippen molar-refractivity contribution in [3.63, 3.8) is 0 Å². The molecular weight excluding hydrogens is 507 g/mol. The quantitative estimate of drug-likeness (QED) is 0.351. The number of rotatable bonds is 5. The van der Waals surface area contributed by atoms with E-state index in [2.05, 4.69) is 24.1 Å². The lowest BCUT2D eigenvalue weighted by molar-refractivity contribution is 0.266. The van der Waals surface area contributed by atoms with Crippen LogP contribution in [0.1, 0.15) is 50.8 Å². The highest BCUT2D eigenvalue weighted by atomic mass is 127. The van der Waals surface area contributed by atoms with Gasteiger partial charge in [-0.25, -0.2) is 13.4 Å². The second kappa shape index (κ2) is 11.1. The number of nitrogens with zero attached hydrogens (tertiary/aromatic N) is 3. The van der Waals surface area contributed by atoms with Gasteiger partial charge in [0.1, 0.15) is 4.21 Å². The van der Waals surface area contributed by atoms with E-state index in [0.717, 1.165) is 49.7 Å². The Morgan fingerprint density at radius 1 is 1.21 bits per heavy atom. The van der Waals surface area contributed by atoms with Crippen molar-refractivity contribution in [1.82, 2.24) is 14.5 Å². The van der Waals surface area contributed by atoms with Crippen molar-refractivity contribution in [2.45, 2.75) is 56.7 Å². The third-order valence-electron chi connectivity index (χ3n) is 5.22. The number of likely N-dealkylation sites (tertiary alicyclic amines) is 1. The van der Waals surface area contributed by atoms with Crippen molar-refractivity contribution < 1.29 is 8.42 Å². The summed E-state index contributed by atoms with van der Waals surface area (Å²) in [6.07, 6.45) is 5.52. The molecule has 0 saturated carbocycles. The second-order valence-corrected chi connectivity index (χ2v) is 10.9. The summed E-state index contributed by atoms with van der Waals surface area (Å²) in [6.45, 7) is 9.08. The van der Waals surface area contributed by atoms with Gasteiger partial charge in [-0.1, -0.05) is 13.3 Å². The van der Waals surface area contributed by atoms with Gasteiger partial charge in [-0.3, -0.25) is 0 Å². The third-order valence-corrected chi connectivity index (χ3v) is 8.66. The molecular formula is C19H33IN4O2S2. The van der Waals surface area contributed by atoms with Gasteiger partial charge in [0.15, 0.2) is 5.96 Å². The Balaban J connectivity index is 0.00000280. The Bertz CT molecular complexity index is 745. The van der Waals surface area contributed by atoms with Crippen molar-refractivity contribution in [2.24, 2.45) is 10.9 Å². The molecule has 2 aliphatic rings. The molecule has 160 valence electrons. The van der Waals surface area contributed by atoms with Gasteiger partial charge in [0, 0.05) is 37.6 Å². The summed E-state index contributed by atoms with van der Waals surface area (Å²) in [7, 11) is -3.34. The average molecular weight is 541 g/mol. The Kier molecular flexibility index (Phi) is 9.49. The minimum Gasteiger partial charge on any atom is -0.357 e. The minimum atomic E-state index is -3.34. The lowest BCUT2D eigenvalue weighted by Gasteiger charge is -2.33. The third kappa shape index (κ3) is 6.06. The number of piperidine rings is 2. The first-order valence-corrected chi connectivity index (χ1v) is 12.4. The fraction of sp³-hybridized carbons (Fsp3) is 0.737. The monoisotopic (exact) mass is 540 g/mol. The molecule has 1 aromatic rings. The van der Waals surface area contributed by atoms with E-state index >= 15 is 0 Å². The van der Waals surface area contributed by atoms with Crippen LogP contribution in [0.5, 0.6) is 0 Å². The summed E-state index contributed by atoms with van der Waals surface area (Å²) < 4.78 is 27.7. The van der Waals surface area contributed by atoms with Crippen LogP contribution in [0, 0.1) is 5.92 Å². The van der Waals surface area contributed by atoms with Crippen LogP contribution in [0.15, 0.2) is 21.3 Å². The summed E-state index contributed by atoms with van der Waals surface area (Å²) in [5.41, 5.74) is 0. The van der Waals surface area contributed by atoms with Gasteiger partial charge in [0.05, 0.1) is 6.54 Å². The standard InChI is InChI=1S/C19H32N4O2S2.HI/c1-3-20-19(22-11-7-8-16(2)15-22)21-14-17-9-10-18(26-17)27(24,25)23-12-5-4-6-13-23;/h9-10,16H,3-8,11-15H2,1-2H3,(H,20,21);1H. The number of hydrogen-bond acceptors (Lipinski definition) is 4. The summed E-state index contributed by atoms with van der Waals surface area (Å²) in [5, 5.41) is 3.39. The van der Waals surface area contributed by atoms with Crippen LogP contribution in [-0.2, 0) is 16.6 Å². The van der Waals surface area contributed by atoms with Crippen molar-refractivity contribution in [3.05, 3.63) is 17.0 Å². The molecule has 6 nitrogen and oxygen atoms in total. The van der Waals surface area contributed by atoms with E-state index in [1.54, 1.807) is 10.4 Å². The highest BCUT2D eigenvalue weighted by Gasteiger charge is 2.27. The molecule has 9 heteroatoms.